The lowest BCUT2D eigenvalue weighted by Crippen LogP contribution is -2.23. The van der Waals surface area contributed by atoms with E-state index in [-0.39, 0.29) is 36.8 Å². The number of anilines is 1. The van der Waals surface area contributed by atoms with Gasteiger partial charge in [0.15, 0.2) is 0 Å². The fraction of sp³-hybridized carbons (Fsp3) is 0.250. The lowest BCUT2D eigenvalue weighted by atomic mass is 10.1. The van der Waals surface area contributed by atoms with Gasteiger partial charge in [0.2, 0.25) is 5.91 Å². The zero-order valence-corrected chi connectivity index (χ0v) is 14.0. The molecule has 4 nitrogen and oxygen atoms in total. The Bertz CT molecular complexity index is 559. The molecule has 22 heavy (non-hydrogen) atoms. The van der Waals surface area contributed by atoms with Gasteiger partial charge in [-0.25, -0.2) is 0 Å². The second-order valence-electron chi connectivity index (χ2n) is 4.96. The van der Waals surface area contributed by atoms with Crippen molar-refractivity contribution < 1.29 is 4.79 Å². The zero-order valence-electron chi connectivity index (χ0n) is 12.4. The summed E-state index contributed by atoms with van der Waals surface area (Å²) in [5.41, 5.74) is 8.80. The van der Waals surface area contributed by atoms with E-state index in [1.165, 1.54) is 11.1 Å². The number of nitrogens with two attached hydrogens (primary N) is 1. The van der Waals surface area contributed by atoms with Crippen LogP contribution in [-0.4, -0.2) is 16.9 Å². The zero-order chi connectivity index (χ0) is 14.4. The summed E-state index contributed by atoms with van der Waals surface area (Å²) in [4.78, 5) is 15.6. The molecule has 0 aliphatic heterocycles. The largest absolute Gasteiger partial charge is 0.327 e. The molecule has 0 aliphatic carbocycles. The molecule has 1 atom stereocenters. The number of nitrogens with one attached hydrogen (secondary N) is 1. The highest BCUT2D eigenvalue weighted by molar-refractivity contribution is 5.91. The molecule has 0 bridgehead atoms. The van der Waals surface area contributed by atoms with Gasteiger partial charge in [0, 0.05) is 30.5 Å². The third-order valence-corrected chi connectivity index (χ3v) is 2.90. The fourth-order valence-corrected chi connectivity index (χ4v) is 1.95. The maximum atomic E-state index is 11.6. The smallest absolute Gasteiger partial charge is 0.225 e. The Labute approximate surface area is 143 Å². The minimum atomic E-state index is -0.124. The number of rotatable bonds is 5. The van der Waals surface area contributed by atoms with Crippen molar-refractivity contribution >= 4 is 36.4 Å². The molecule has 1 heterocycles. The summed E-state index contributed by atoms with van der Waals surface area (Å²) in [7, 11) is 0. The predicted octanol–water partition coefficient (Wildman–Crippen LogP) is 3.19. The van der Waals surface area contributed by atoms with E-state index in [1.807, 2.05) is 43.3 Å². The minimum absolute atomic E-state index is 0. The van der Waals surface area contributed by atoms with Crippen LogP contribution < -0.4 is 11.1 Å². The van der Waals surface area contributed by atoms with Crippen molar-refractivity contribution in [3.63, 3.8) is 0 Å². The first-order valence-electron chi connectivity index (χ1n) is 6.67. The molecule has 0 fully saturated rings. The van der Waals surface area contributed by atoms with Crippen molar-refractivity contribution in [2.24, 2.45) is 5.73 Å². The van der Waals surface area contributed by atoms with Crippen molar-refractivity contribution in [2.75, 3.05) is 5.32 Å². The van der Waals surface area contributed by atoms with Crippen LogP contribution in [0, 0.1) is 0 Å². The third kappa shape index (κ3) is 6.89. The summed E-state index contributed by atoms with van der Waals surface area (Å²) < 4.78 is 0. The normalized spacial score (nSPS) is 10.8. The van der Waals surface area contributed by atoms with Gasteiger partial charge in [-0.1, -0.05) is 12.1 Å². The van der Waals surface area contributed by atoms with Gasteiger partial charge in [-0.05, 0) is 48.7 Å². The van der Waals surface area contributed by atoms with Crippen LogP contribution in [0.4, 0.5) is 5.69 Å². The molecular formula is C16H21Cl2N3O. The lowest BCUT2D eigenvalue weighted by molar-refractivity contribution is -0.116. The van der Waals surface area contributed by atoms with Crippen molar-refractivity contribution in [3.8, 4) is 0 Å². The van der Waals surface area contributed by atoms with E-state index in [0.717, 1.165) is 12.1 Å². The molecule has 1 aromatic heterocycles. The highest BCUT2D eigenvalue weighted by Crippen LogP contribution is 2.13. The second kappa shape index (κ2) is 10.2. The molecule has 0 aliphatic rings. The molecule has 1 unspecified atom stereocenters. The van der Waals surface area contributed by atoms with E-state index < -0.39 is 0 Å². The molecule has 2 rings (SSSR count). The Morgan fingerprint density at radius 3 is 2.18 bits per heavy atom. The molecule has 2 aromatic rings. The van der Waals surface area contributed by atoms with Gasteiger partial charge in [0.05, 0.1) is 0 Å². The van der Waals surface area contributed by atoms with Crippen LogP contribution in [0.15, 0.2) is 48.8 Å². The van der Waals surface area contributed by atoms with E-state index >= 15 is 0 Å². The quantitative estimate of drug-likeness (QED) is 0.877. The summed E-state index contributed by atoms with van der Waals surface area (Å²) in [5, 5.41) is 2.84. The number of pyridine rings is 1. The Morgan fingerprint density at radius 1 is 1.09 bits per heavy atom. The van der Waals surface area contributed by atoms with Crippen molar-refractivity contribution in [1.82, 2.24) is 4.98 Å². The van der Waals surface area contributed by atoms with Crippen LogP contribution in [0.1, 0.15) is 24.5 Å². The SMILES string of the molecule is CC(N)CC(=O)Nc1ccc(Cc2ccncc2)cc1.Cl.Cl. The van der Waals surface area contributed by atoms with Gasteiger partial charge in [-0.3, -0.25) is 9.78 Å². The first-order valence-corrected chi connectivity index (χ1v) is 6.67. The van der Waals surface area contributed by atoms with Crippen LogP contribution >= 0.6 is 24.8 Å². The highest BCUT2D eigenvalue weighted by atomic mass is 35.5. The van der Waals surface area contributed by atoms with Gasteiger partial charge < -0.3 is 11.1 Å². The maximum absolute atomic E-state index is 11.6. The van der Waals surface area contributed by atoms with Gasteiger partial charge >= 0.3 is 0 Å². The Morgan fingerprint density at radius 2 is 1.64 bits per heavy atom. The first-order chi connectivity index (χ1) is 9.63. The van der Waals surface area contributed by atoms with E-state index in [4.69, 9.17) is 5.73 Å². The summed E-state index contributed by atoms with van der Waals surface area (Å²) >= 11 is 0. The van der Waals surface area contributed by atoms with E-state index in [0.29, 0.717) is 6.42 Å². The standard InChI is InChI=1S/C16H19N3O.2ClH/c1-12(17)10-16(20)19-15-4-2-13(3-5-15)11-14-6-8-18-9-7-14;;/h2-9,12H,10-11,17H2,1H3,(H,19,20);2*1H. The van der Waals surface area contributed by atoms with Crippen LogP contribution in [-0.2, 0) is 11.2 Å². The Balaban J connectivity index is 0.00000220. The third-order valence-electron chi connectivity index (χ3n) is 2.90. The van der Waals surface area contributed by atoms with Crippen LogP contribution in [0.3, 0.4) is 0 Å². The summed E-state index contributed by atoms with van der Waals surface area (Å²) in [6, 6.07) is 11.7. The molecule has 1 aromatic carbocycles. The number of benzene rings is 1. The molecule has 0 saturated carbocycles. The fourth-order valence-electron chi connectivity index (χ4n) is 1.95. The van der Waals surface area contributed by atoms with Gasteiger partial charge in [-0.15, -0.1) is 24.8 Å². The molecule has 0 radical (unpaired) electrons. The average molecular weight is 342 g/mol. The lowest BCUT2D eigenvalue weighted by Gasteiger charge is -2.08. The summed E-state index contributed by atoms with van der Waals surface area (Å²) in [6.07, 6.45) is 4.77. The molecule has 0 saturated heterocycles. The van der Waals surface area contributed by atoms with Crippen LogP contribution in [0.25, 0.3) is 0 Å². The van der Waals surface area contributed by atoms with Gasteiger partial charge in [0.1, 0.15) is 0 Å². The molecule has 3 N–H and O–H groups in total. The number of carbonyl (C=O) groups is 1. The van der Waals surface area contributed by atoms with Crippen LogP contribution in [0.2, 0.25) is 0 Å². The van der Waals surface area contributed by atoms with Gasteiger partial charge in [-0.2, -0.15) is 0 Å². The topological polar surface area (TPSA) is 68.0 Å². The van der Waals surface area contributed by atoms with E-state index in [2.05, 4.69) is 10.3 Å². The van der Waals surface area contributed by atoms with Crippen molar-refractivity contribution in [3.05, 3.63) is 59.9 Å². The number of hydrogen-bond acceptors (Lipinski definition) is 3. The number of hydrogen-bond donors (Lipinski definition) is 2. The molecule has 120 valence electrons. The number of nitrogens with zero attached hydrogens (tertiary/aromatic N) is 1. The number of aromatic nitrogens is 1. The second-order valence-corrected chi connectivity index (χ2v) is 4.96. The van der Waals surface area contributed by atoms with Crippen molar-refractivity contribution in [2.45, 2.75) is 25.8 Å². The number of amides is 1. The molecule has 0 spiro atoms. The monoisotopic (exact) mass is 341 g/mol. The molecule has 6 heteroatoms. The summed E-state index contributed by atoms with van der Waals surface area (Å²) in [5.74, 6) is -0.0538. The Hall–Kier alpha value is -1.62. The van der Waals surface area contributed by atoms with E-state index in [1.54, 1.807) is 12.4 Å². The number of carbonyl (C=O) groups excluding carboxylic acids is 1. The minimum Gasteiger partial charge on any atom is -0.327 e. The predicted molar refractivity (Wildman–Crippen MR) is 94.9 cm³/mol. The van der Waals surface area contributed by atoms with Gasteiger partial charge in [0.25, 0.3) is 0 Å². The Kier molecular flexibility index (Phi) is 9.42. The summed E-state index contributed by atoms with van der Waals surface area (Å²) in [6.45, 7) is 1.82. The van der Waals surface area contributed by atoms with Crippen molar-refractivity contribution in [1.29, 1.82) is 0 Å². The molecular weight excluding hydrogens is 321 g/mol. The number of halogens is 2. The van der Waals surface area contributed by atoms with E-state index in [9.17, 15) is 4.79 Å². The molecule has 1 amide bonds. The first kappa shape index (κ1) is 20.4. The van der Waals surface area contributed by atoms with Crippen LogP contribution in [0.5, 0.6) is 0 Å². The highest BCUT2D eigenvalue weighted by Gasteiger charge is 2.05. The average Bonchev–Trinajstić information content (AvgIpc) is 2.41. The maximum Gasteiger partial charge on any atom is 0.225 e.